The van der Waals surface area contributed by atoms with E-state index in [-0.39, 0.29) is 6.61 Å². The second-order valence-electron chi connectivity index (χ2n) is 4.43. The number of rotatable bonds is 6. The molecule has 0 saturated heterocycles. The molecule has 0 aliphatic carbocycles. The number of anilines is 1. The SMILES string of the molecule is CCN(CCO)c1ccc(-c2cnc(S(=O)(=O)O)[nH]2)cc1. The molecule has 0 unspecified atom stereocenters. The molecule has 0 saturated carbocycles. The summed E-state index contributed by atoms with van der Waals surface area (Å²) in [6.07, 6.45) is 1.35. The molecule has 7 nitrogen and oxygen atoms in total. The molecule has 0 aliphatic heterocycles. The number of hydrogen-bond acceptors (Lipinski definition) is 5. The Bertz CT molecular complexity index is 694. The molecule has 0 fully saturated rings. The monoisotopic (exact) mass is 311 g/mol. The standard InChI is InChI=1S/C13H17N3O4S/c1-2-16(7-8-17)11-5-3-10(4-6-11)12-9-14-13(15-12)21(18,19)20/h3-6,9,17H,2,7-8H2,1H3,(H,14,15)(H,18,19,20). The normalized spacial score (nSPS) is 11.6. The van der Waals surface area contributed by atoms with E-state index >= 15 is 0 Å². The molecule has 0 radical (unpaired) electrons. The van der Waals surface area contributed by atoms with Crippen LogP contribution in [-0.2, 0) is 10.1 Å². The van der Waals surface area contributed by atoms with Crippen molar-refractivity contribution in [2.45, 2.75) is 12.1 Å². The van der Waals surface area contributed by atoms with Gasteiger partial charge in [-0.3, -0.25) is 4.55 Å². The van der Waals surface area contributed by atoms with Crippen LogP contribution in [0.3, 0.4) is 0 Å². The second kappa shape index (κ2) is 6.25. The molecule has 0 amide bonds. The Hall–Kier alpha value is -1.90. The van der Waals surface area contributed by atoms with E-state index in [9.17, 15) is 8.42 Å². The zero-order valence-corrected chi connectivity index (χ0v) is 12.3. The first-order valence-electron chi connectivity index (χ1n) is 6.44. The molecular formula is C13H17N3O4S. The van der Waals surface area contributed by atoms with Gasteiger partial charge < -0.3 is 15.0 Å². The molecule has 1 heterocycles. The first-order valence-corrected chi connectivity index (χ1v) is 7.88. The van der Waals surface area contributed by atoms with Gasteiger partial charge in [-0.2, -0.15) is 8.42 Å². The third-order valence-corrected chi connectivity index (χ3v) is 3.79. The van der Waals surface area contributed by atoms with E-state index in [1.165, 1.54) is 6.20 Å². The van der Waals surface area contributed by atoms with Crippen LogP contribution in [0.5, 0.6) is 0 Å². The van der Waals surface area contributed by atoms with Crippen LogP contribution in [0.25, 0.3) is 11.3 Å². The quantitative estimate of drug-likeness (QED) is 0.691. The van der Waals surface area contributed by atoms with E-state index in [0.29, 0.717) is 12.2 Å². The van der Waals surface area contributed by atoms with E-state index in [4.69, 9.17) is 9.66 Å². The predicted molar refractivity (Wildman–Crippen MR) is 78.8 cm³/mol. The molecule has 3 N–H and O–H groups in total. The third-order valence-electron chi connectivity index (χ3n) is 3.09. The van der Waals surface area contributed by atoms with Crippen LogP contribution in [0, 0.1) is 0 Å². The molecule has 21 heavy (non-hydrogen) atoms. The average Bonchev–Trinajstić information content (AvgIpc) is 2.95. The molecular weight excluding hydrogens is 294 g/mol. The zero-order valence-electron chi connectivity index (χ0n) is 11.5. The summed E-state index contributed by atoms with van der Waals surface area (Å²) in [6, 6.07) is 7.39. The summed E-state index contributed by atoms with van der Waals surface area (Å²) < 4.78 is 30.8. The highest BCUT2D eigenvalue weighted by atomic mass is 32.2. The molecule has 0 aliphatic rings. The van der Waals surface area contributed by atoms with E-state index in [1.54, 1.807) is 0 Å². The largest absolute Gasteiger partial charge is 0.395 e. The summed E-state index contributed by atoms with van der Waals surface area (Å²) in [5, 5.41) is 8.53. The summed E-state index contributed by atoms with van der Waals surface area (Å²) in [5.41, 5.74) is 2.21. The number of likely N-dealkylation sites (N-methyl/N-ethyl adjacent to an activating group) is 1. The van der Waals surface area contributed by atoms with Gasteiger partial charge >= 0.3 is 10.1 Å². The van der Waals surface area contributed by atoms with Crippen LogP contribution in [0.4, 0.5) is 5.69 Å². The maximum atomic E-state index is 11.0. The molecule has 8 heteroatoms. The number of benzene rings is 1. The van der Waals surface area contributed by atoms with Crippen LogP contribution >= 0.6 is 0 Å². The van der Waals surface area contributed by atoms with Gasteiger partial charge in [0, 0.05) is 18.8 Å². The highest BCUT2D eigenvalue weighted by Gasteiger charge is 2.14. The van der Waals surface area contributed by atoms with Gasteiger partial charge in [0.1, 0.15) is 0 Å². The summed E-state index contributed by atoms with van der Waals surface area (Å²) in [6.45, 7) is 3.40. The Labute approximate surface area is 123 Å². The van der Waals surface area contributed by atoms with Crippen molar-refractivity contribution in [1.29, 1.82) is 0 Å². The molecule has 2 aromatic rings. The number of aromatic nitrogens is 2. The molecule has 1 aromatic heterocycles. The number of H-pyrrole nitrogens is 1. The Morgan fingerprint density at radius 2 is 1.95 bits per heavy atom. The fourth-order valence-electron chi connectivity index (χ4n) is 2.02. The van der Waals surface area contributed by atoms with Crippen molar-refractivity contribution in [3.8, 4) is 11.3 Å². The zero-order chi connectivity index (χ0) is 15.5. The average molecular weight is 311 g/mol. The Kier molecular flexibility index (Phi) is 4.61. The topological polar surface area (TPSA) is 107 Å². The lowest BCUT2D eigenvalue weighted by Gasteiger charge is -2.22. The van der Waals surface area contributed by atoms with Crippen LogP contribution in [-0.4, -0.2) is 47.7 Å². The Morgan fingerprint density at radius 1 is 1.29 bits per heavy atom. The predicted octanol–water partition coefficient (Wildman–Crippen LogP) is 1.14. The number of aliphatic hydroxyl groups is 1. The minimum absolute atomic E-state index is 0.0772. The molecule has 1 aromatic carbocycles. The fraction of sp³-hybridized carbons (Fsp3) is 0.308. The Morgan fingerprint density at radius 3 is 2.43 bits per heavy atom. The molecule has 114 valence electrons. The van der Waals surface area contributed by atoms with Crippen molar-refractivity contribution in [3.63, 3.8) is 0 Å². The van der Waals surface area contributed by atoms with Crippen molar-refractivity contribution >= 4 is 15.8 Å². The fourth-order valence-corrected chi connectivity index (χ4v) is 2.45. The van der Waals surface area contributed by atoms with Gasteiger partial charge in [0.05, 0.1) is 18.5 Å². The summed E-state index contributed by atoms with van der Waals surface area (Å²) >= 11 is 0. The van der Waals surface area contributed by atoms with Crippen molar-refractivity contribution in [2.24, 2.45) is 0 Å². The summed E-state index contributed by atoms with van der Waals surface area (Å²) in [5.74, 6) is 0. The van der Waals surface area contributed by atoms with Crippen molar-refractivity contribution in [2.75, 3.05) is 24.6 Å². The highest BCUT2D eigenvalue weighted by molar-refractivity contribution is 7.85. The van der Waals surface area contributed by atoms with Gasteiger partial charge in [0.25, 0.3) is 5.16 Å². The second-order valence-corrected chi connectivity index (χ2v) is 5.76. The van der Waals surface area contributed by atoms with Crippen molar-refractivity contribution in [1.82, 2.24) is 9.97 Å². The van der Waals surface area contributed by atoms with E-state index < -0.39 is 15.3 Å². The van der Waals surface area contributed by atoms with E-state index in [2.05, 4.69) is 9.97 Å². The van der Waals surface area contributed by atoms with E-state index in [1.807, 2.05) is 36.1 Å². The van der Waals surface area contributed by atoms with Crippen LogP contribution in [0.15, 0.2) is 35.6 Å². The Balaban J connectivity index is 2.24. The molecule has 0 atom stereocenters. The van der Waals surface area contributed by atoms with Gasteiger partial charge in [-0.05, 0) is 24.6 Å². The van der Waals surface area contributed by atoms with Gasteiger partial charge in [-0.1, -0.05) is 12.1 Å². The first-order chi connectivity index (χ1) is 9.95. The summed E-state index contributed by atoms with van der Waals surface area (Å²) in [7, 11) is -4.33. The van der Waals surface area contributed by atoms with Crippen molar-refractivity contribution in [3.05, 3.63) is 30.5 Å². The van der Waals surface area contributed by atoms with Gasteiger partial charge in [0.2, 0.25) is 0 Å². The van der Waals surface area contributed by atoms with Crippen molar-refractivity contribution < 1.29 is 18.1 Å². The lowest BCUT2D eigenvalue weighted by Crippen LogP contribution is -2.25. The van der Waals surface area contributed by atoms with Gasteiger partial charge in [-0.25, -0.2) is 4.98 Å². The number of nitrogens with zero attached hydrogens (tertiary/aromatic N) is 2. The number of imidazole rings is 1. The van der Waals surface area contributed by atoms with Crippen LogP contribution in [0.2, 0.25) is 0 Å². The lowest BCUT2D eigenvalue weighted by atomic mass is 10.1. The first kappa shape index (κ1) is 15.5. The lowest BCUT2D eigenvalue weighted by molar-refractivity contribution is 0.302. The number of nitrogens with one attached hydrogen (secondary N) is 1. The molecule has 0 bridgehead atoms. The smallest absolute Gasteiger partial charge is 0.328 e. The number of aliphatic hydroxyl groups excluding tert-OH is 1. The number of aromatic amines is 1. The number of hydrogen-bond donors (Lipinski definition) is 3. The minimum atomic E-state index is -4.33. The molecule has 0 spiro atoms. The van der Waals surface area contributed by atoms with Gasteiger partial charge in [0.15, 0.2) is 0 Å². The van der Waals surface area contributed by atoms with Gasteiger partial charge in [-0.15, -0.1) is 0 Å². The van der Waals surface area contributed by atoms with Crippen LogP contribution in [0.1, 0.15) is 6.92 Å². The van der Waals surface area contributed by atoms with Crippen LogP contribution < -0.4 is 4.90 Å². The highest BCUT2D eigenvalue weighted by Crippen LogP contribution is 2.22. The summed E-state index contributed by atoms with van der Waals surface area (Å²) in [4.78, 5) is 8.20. The van der Waals surface area contributed by atoms with E-state index in [0.717, 1.165) is 17.8 Å². The molecule has 2 rings (SSSR count). The maximum absolute atomic E-state index is 11.0. The third kappa shape index (κ3) is 3.60. The maximum Gasteiger partial charge on any atom is 0.328 e. The minimum Gasteiger partial charge on any atom is -0.395 e.